The van der Waals surface area contributed by atoms with Crippen molar-refractivity contribution in [3.63, 3.8) is 0 Å². The first-order valence-corrected chi connectivity index (χ1v) is 11.8. The van der Waals surface area contributed by atoms with Gasteiger partial charge in [-0.3, -0.25) is 8.78 Å². The summed E-state index contributed by atoms with van der Waals surface area (Å²) in [6.07, 6.45) is 0.775. The van der Waals surface area contributed by atoms with Gasteiger partial charge in [-0.05, 0) is 12.3 Å². The Kier molecular flexibility index (Phi) is 9.05. The molecule has 0 aliphatic heterocycles. The molecule has 0 aromatic heterocycles. The van der Waals surface area contributed by atoms with E-state index < -0.39 is 11.6 Å². The quantitative estimate of drug-likeness (QED) is 0.592. The third-order valence-electron chi connectivity index (χ3n) is 1.80. The third-order valence-corrected chi connectivity index (χ3v) is 1.80. The molecule has 0 spiro atoms. The molecule has 0 heterocycles. The van der Waals surface area contributed by atoms with Crippen LogP contribution in [-0.4, -0.2) is 6.61 Å². The Balaban J connectivity index is 0.00000106. The van der Waals surface area contributed by atoms with Crippen molar-refractivity contribution in [1.29, 1.82) is 0 Å². The van der Waals surface area contributed by atoms with Crippen molar-refractivity contribution in [3.05, 3.63) is 29.8 Å². The van der Waals surface area contributed by atoms with Crippen molar-refractivity contribution in [3.8, 4) is 5.75 Å². The number of hydrogen-bond acceptors (Lipinski definition) is 1. The maximum atomic E-state index is 13.0. The van der Waals surface area contributed by atoms with Crippen molar-refractivity contribution in [2.24, 2.45) is 5.92 Å². The summed E-state index contributed by atoms with van der Waals surface area (Å²) in [6.45, 7) is 4.37. The molecular weight excluding hydrogens is 331 g/mol. The Bertz CT molecular complexity index is 288. The second kappa shape index (κ2) is 9.06. The van der Waals surface area contributed by atoms with Gasteiger partial charge in [0.05, 0.1) is 24.0 Å². The molecule has 1 aromatic carbocycles. The van der Waals surface area contributed by atoms with Gasteiger partial charge in [-0.1, -0.05) is 13.8 Å². The molecule has 16 heavy (non-hydrogen) atoms. The molecule has 0 N–H and O–H groups in total. The van der Waals surface area contributed by atoms with E-state index in [-0.39, 0.29) is 5.75 Å². The van der Waals surface area contributed by atoms with Crippen LogP contribution in [0.3, 0.4) is 0 Å². The molecule has 0 atom stereocenters. The number of benzene rings is 1. The van der Waals surface area contributed by atoms with Crippen LogP contribution >= 0.6 is 13.6 Å². The zero-order valence-corrected chi connectivity index (χ0v) is 13.9. The average Bonchev–Trinajstić information content (AvgIpc) is 2.25. The van der Waals surface area contributed by atoms with Crippen molar-refractivity contribution in [2.75, 3.05) is 6.61 Å². The molecule has 0 unspecified atom stereocenters. The molecule has 0 amide bonds. The first-order chi connectivity index (χ1) is 7.61. The molecular formula is C11H13BrF2OZn. The summed E-state index contributed by atoms with van der Waals surface area (Å²) >= 11 is 4.25. The van der Waals surface area contributed by atoms with Gasteiger partial charge in [0.25, 0.3) is 0 Å². The molecule has 1 nitrogen and oxygen atoms in total. The van der Waals surface area contributed by atoms with Gasteiger partial charge in [-0.25, -0.2) is 0 Å². The van der Waals surface area contributed by atoms with Gasteiger partial charge in [0.2, 0.25) is 0 Å². The zero-order chi connectivity index (χ0) is 12.6. The van der Waals surface area contributed by atoms with Crippen LogP contribution in [0, 0.1) is 23.6 Å². The molecule has 0 fully saturated rings. The summed E-state index contributed by atoms with van der Waals surface area (Å²) in [6, 6.07) is 4.47. The van der Waals surface area contributed by atoms with Gasteiger partial charge in [-0.15, -0.1) is 12.1 Å². The number of halogens is 3. The first kappa shape index (κ1) is 16.0. The van der Waals surface area contributed by atoms with Crippen LogP contribution in [0.15, 0.2) is 12.1 Å². The monoisotopic (exact) mass is 342 g/mol. The molecule has 0 radical (unpaired) electrons. The number of hydrogen-bond donors (Lipinski definition) is 0. The Hall–Kier alpha value is -0.0166. The fourth-order valence-electron chi connectivity index (χ4n) is 0.968. The predicted octanol–water partition coefficient (Wildman–Crippen LogP) is 4.03. The van der Waals surface area contributed by atoms with Crippen LogP contribution in [0.4, 0.5) is 8.78 Å². The second-order valence-corrected chi connectivity index (χ2v) is 3.51. The minimum absolute atomic E-state index is 0.301. The SMILES string of the molecule is CC(C)CCOc1c(F)c[c-]cc1F.[Zn+][Br]. The summed E-state index contributed by atoms with van der Waals surface area (Å²) in [4.78, 5) is 0. The van der Waals surface area contributed by atoms with Crippen LogP contribution in [0.1, 0.15) is 20.3 Å². The normalized spacial score (nSPS) is 9.75. The van der Waals surface area contributed by atoms with Crippen LogP contribution in [0.25, 0.3) is 0 Å². The van der Waals surface area contributed by atoms with Crippen LogP contribution in [-0.2, 0) is 16.3 Å². The van der Waals surface area contributed by atoms with Gasteiger partial charge in [0.1, 0.15) is 0 Å². The molecule has 0 bridgehead atoms. The van der Waals surface area contributed by atoms with E-state index in [1.165, 1.54) is 16.3 Å². The van der Waals surface area contributed by atoms with E-state index >= 15 is 0 Å². The second-order valence-electron chi connectivity index (χ2n) is 3.51. The molecule has 0 saturated carbocycles. The summed E-state index contributed by atoms with van der Waals surface area (Å²) in [5.41, 5.74) is 0. The van der Waals surface area contributed by atoms with E-state index in [0.717, 1.165) is 18.6 Å². The topological polar surface area (TPSA) is 9.23 Å². The molecule has 86 valence electrons. The third kappa shape index (κ3) is 5.90. The van der Waals surface area contributed by atoms with E-state index in [2.05, 4.69) is 19.7 Å². The molecule has 0 saturated heterocycles. The van der Waals surface area contributed by atoms with Gasteiger partial charge < -0.3 is 4.74 Å². The van der Waals surface area contributed by atoms with E-state index in [0.29, 0.717) is 12.5 Å². The fraction of sp³-hybridized carbons (Fsp3) is 0.455. The van der Waals surface area contributed by atoms with Crippen molar-refractivity contribution in [1.82, 2.24) is 0 Å². The predicted molar refractivity (Wildman–Crippen MR) is 59.1 cm³/mol. The van der Waals surface area contributed by atoms with E-state index in [1.54, 1.807) is 0 Å². The Morgan fingerprint density at radius 3 is 2.25 bits per heavy atom. The zero-order valence-electron chi connectivity index (χ0n) is 9.40. The molecule has 0 aliphatic carbocycles. The van der Waals surface area contributed by atoms with E-state index in [1.807, 2.05) is 13.8 Å². The summed E-state index contributed by atoms with van der Waals surface area (Å²) in [7, 11) is 0. The Morgan fingerprint density at radius 1 is 1.31 bits per heavy atom. The van der Waals surface area contributed by atoms with Gasteiger partial charge >= 0.3 is 30.0 Å². The molecule has 1 aromatic rings. The van der Waals surface area contributed by atoms with Crippen molar-refractivity contribution in [2.45, 2.75) is 20.3 Å². The Morgan fingerprint density at radius 2 is 1.81 bits per heavy atom. The van der Waals surface area contributed by atoms with Gasteiger partial charge in [0, 0.05) is 0 Å². The Labute approximate surface area is 112 Å². The van der Waals surface area contributed by atoms with Crippen LogP contribution in [0.5, 0.6) is 5.75 Å². The van der Waals surface area contributed by atoms with Gasteiger partial charge in [-0.2, -0.15) is 6.07 Å². The number of ether oxygens (including phenoxy) is 1. The van der Waals surface area contributed by atoms with E-state index in [4.69, 9.17) is 4.74 Å². The number of rotatable bonds is 4. The standard InChI is InChI=1S/C11H13F2O.BrH.Zn/c1-8(2)6-7-14-11-9(12)4-3-5-10(11)13;;/h4-5,8H,6-7H2,1-2H3;1H;/q-1;;+2/p-1. The van der Waals surface area contributed by atoms with Crippen molar-refractivity contribution < 1.29 is 29.9 Å². The average molecular weight is 345 g/mol. The summed E-state index contributed by atoms with van der Waals surface area (Å²) in [5.74, 6) is -1.25. The maximum absolute atomic E-state index is 13.0. The summed E-state index contributed by atoms with van der Waals surface area (Å²) in [5, 5.41) is 0. The van der Waals surface area contributed by atoms with Crippen LogP contribution < -0.4 is 4.74 Å². The fourth-order valence-corrected chi connectivity index (χ4v) is 0.968. The molecule has 5 heteroatoms. The van der Waals surface area contributed by atoms with Crippen LogP contribution in [0.2, 0.25) is 0 Å². The van der Waals surface area contributed by atoms with E-state index in [9.17, 15) is 8.78 Å². The minimum atomic E-state index is -0.700. The molecule has 1 rings (SSSR count). The van der Waals surface area contributed by atoms with Crippen molar-refractivity contribution >= 4 is 13.6 Å². The molecule has 0 aliphatic rings. The first-order valence-electron chi connectivity index (χ1n) is 4.86. The van der Waals surface area contributed by atoms with Gasteiger partial charge in [0.15, 0.2) is 0 Å². The summed E-state index contributed by atoms with van der Waals surface area (Å²) < 4.78 is 31.0.